The summed E-state index contributed by atoms with van der Waals surface area (Å²) in [6.07, 6.45) is 5.30. The first-order valence-electron chi connectivity index (χ1n) is 16.3. The van der Waals surface area contributed by atoms with Gasteiger partial charge in [-0.1, -0.05) is 106 Å². The molecule has 1 atom stereocenters. The summed E-state index contributed by atoms with van der Waals surface area (Å²) in [4.78, 5) is 4.95. The molecule has 1 saturated carbocycles. The van der Waals surface area contributed by atoms with Crippen molar-refractivity contribution in [3.05, 3.63) is 109 Å². The molecule has 48 heavy (non-hydrogen) atoms. The van der Waals surface area contributed by atoms with Gasteiger partial charge in [0.25, 0.3) is 14.7 Å². The largest absolute Gasteiger partial charge is 0.405 e. The Hall–Kier alpha value is -4.74. The van der Waals surface area contributed by atoms with Gasteiger partial charge in [-0.25, -0.2) is 13.8 Å². The van der Waals surface area contributed by atoms with E-state index in [1.807, 2.05) is 33.6 Å². The van der Waals surface area contributed by atoms with Crippen LogP contribution in [0.15, 0.2) is 104 Å². The van der Waals surface area contributed by atoms with Crippen LogP contribution in [0.4, 0.5) is 14.7 Å². The minimum atomic E-state index is -2.74. The molecule has 0 saturated heterocycles. The summed E-state index contributed by atoms with van der Waals surface area (Å²) >= 11 is 0. The van der Waals surface area contributed by atoms with Crippen LogP contribution in [0.25, 0.3) is 28.2 Å². The maximum Gasteiger partial charge on any atom is 0.263 e. The SMILES string of the molecule is C[C@@H](CO[Si](c1ccccc1)(c1ccccc1)C(C)(C)C)Nc1nnc2c(-c3cnn(C4CC4)c3)nc(-c3ccc(C(F)F)cc3)cn12. The Kier molecular flexibility index (Phi) is 8.42. The summed E-state index contributed by atoms with van der Waals surface area (Å²) in [6, 6.07) is 27.6. The van der Waals surface area contributed by atoms with Crippen molar-refractivity contribution in [2.24, 2.45) is 0 Å². The molecule has 1 aliphatic rings. The number of benzene rings is 3. The lowest BCUT2D eigenvalue weighted by molar-refractivity contribution is 0.151. The molecule has 1 fully saturated rings. The number of nitrogens with zero attached hydrogens (tertiary/aromatic N) is 6. The second-order valence-electron chi connectivity index (χ2n) is 13.6. The molecule has 3 aromatic heterocycles. The number of hydrogen-bond acceptors (Lipinski definition) is 6. The topological polar surface area (TPSA) is 82.2 Å². The molecule has 1 N–H and O–H groups in total. The third-order valence-electron chi connectivity index (χ3n) is 8.99. The molecule has 0 unspecified atom stereocenters. The van der Waals surface area contributed by atoms with E-state index in [2.05, 4.69) is 96.8 Å². The van der Waals surface area contributed by atoms with Crippen molar-refractivity contribution in [3.63, 3.8) is 0 Å². The molecular formula is C37H39F2N7OSi. The molecular weight excluding hydrogens is 625 g/mol. The Morgan fingerprint density at radius 3 is 2.10 bits per heavy atom. The summed E-state index contributed by atoms with van der Waals surface area (Å²) in [5.74, 6) is 0.534. The molecule has 3 aromatic carbocycles. The van der Waals surface area contributed by atoms with Crippen LogP contribution in [0, 0.1) is 0 Å². The average molecular weight is 664 g/mol. The van der Waals surface area contributed by atoms with Gasteiger partial charge in [0, 0.05) is 35.1 Å². The molecule has 246 valence electrons. The molecule has 0 amide bonds. The lowest BCUT2D eigenvalue weighted by Gasteiger charge is -2.43. The third kappa shape index (κ3) is 6.03. The highest BCUT2D eigenvalue weighted by Crippen LogP contribution is 2.38. The van der Waals surface area contributed by atoms with E-state index in [9.17, 15) is 8.78 Å². The Morgan fingerprint density at radius 2 is 1.52 bits per heavy atom. The van der Waals surface area contributed by atoms with Gasteiger partial charge in [-0.05, 0) is 35.2 Å². The van der Waals surface area contributed by atoms with Crippen molar-refractivity contribution < 1.29 is 13.2 Å². The highest BCUT2D eigenvalue weighted by molar-refractivity contribution is 6.99. The second kappa shape index (κ2) is 12.7. The van der Waals surface area contributed by atoms with Gasteiger partial charge in [0.15, 0.2) is 5.65 Å². The summed E-state index contributed by atoms with van der Waals surface area (Å²) in [6.45, 7) is 9.29. The molecule has 8 nitrogen and oxygen atoms in total. The van der Waals surface area contributed by atoms with Crippen molar-refractivity contribution in [2.75, 3.05) is 11.9 Å². The smallest absolute Gasteiger partial charge is 0.263 e. The van der Waals surface area contributed by atoms with Crippen LogP contribution in [0.3, 0.4) is 0 Å². The monoisotopic (exact) mass is 663 g/mol. The third-order valence-corrected chi connectivity index (χ3v) is 14.0. The Balaban J connectivity index is 1.23. The van der Waals surface area contributed by atoms with Crippen molar-refractivity contribution in [3.8, 4) is 22.5 Å². The van der Waals surface area contributed by atoms with Gasteiger partial charge in [-0.3, -0.25) is 9.08 Å². The molecule has 11 heteroatoms. The molecule has 0 radical (unpaired) electrons. The number of nitrogens with one attached hydrogen (secondary N) is 1. The van der Waals surface area contributed by atoms with Gasteiger partial charge < -0.3 is 9.74 Å². The predicted octanol–water partition coefficient (Wildman–Crippen LogP) is 7.30. The Morgan fingerprint density at radius 1 is 0.875 bits per heavy atom. The van der Waals surface area contributed by atoms with Crippen LogP contribution in [-0.2, 0) is 4.43 Å². The van der Waals surface area contributed by atoms with E-state index in [0.717, 1.165) is 18.4 Å². The number of fused-ring (bicyclic) bond motifs is 1. The molecule has 0 aliphatic heterocycles. The molecule has 0 bridgehead atoms. The molecule has 3 heterocycles. The lowest BCUT2D eigenvalue weighted by Crippen LogP contribution is -2.67. The van der Waals surface area contributed by atoms with Crippen LogP contribution in [-0.4, -0.2) is 50.3 Å². The van der Waals surface area contributed by atoms with Gasteiger partial charge in [0.1, 0.15) is 5.69 Å². The average Bonchev–Trinajstić information content (AvgIpc) is 3.69. The van der Waals surface area contributed by atoms with Crippen molar-refractivity contribution in [1.82, 2.24) is 29.4 Å². The quantitative estimate of drug-likeness (QED) is 0.147. The van der Waals surface area contributed by atoms with Gasteiger partial charge in [-0.15, -0.1) is 10.2 Å². The fraction of sp³-hybridized carbons (Fsp3) is 0.297. The van der Waals surface area contributed by atoms with E-state index in [4.69, 9.17) is 9.41 Å². The normalized spacial score (nSPS) is 14.5. The van der Waals surface area contributed by atoms with Crippen LogP contribution in [0.1, 0.15) is 58.6 Å². The Labute approximate surface area is 280 Å². The Bertz CT molecular complexity index is 1960. The van der Waals surface area contributed by atoms with Gasteiger partial charge in [0.05, 0.1) is 24.5 Å². The second-order valence-corrected chi connectivity index (χ2v) is 17.9. The van der Waals surface area contributed by atoms with E-state index < -0.39 is 14.7 Å². The summed E-state index contributed by atoms with van der Waals surface area (Å²) in [7, 11) is -2.74. The van der Waals surface area contributed by atoms with Crippen molar-refractivity contribution in [1.29, 1.82) is 0 Å². The summed E-state index contributed by atoms with van der Waals surface area (Å²) < 4.78 is 37.7. The van der Waals surface area contributed by atoms with E-state index in [1.54, 1.807) is 18.3 Å². The number of hydrogen-bond donors (Lipinski definition) is 1. The summed E-state index contributed by atoms with van der Waals surface area (Å²) in [5, 5.41) is 19.5. The predicted molar refractivity (Wildman–Crippen MR) is 187 cm³/mol. The highest BCUT2D eigenvalue weighted by Gasteiger charge is 2.50. The number of aromatic nitrogens is 6. The van der Waals surface area contributed by atoms with Gasteiger partial charge in [0.2, 0.25) is 5.95 Å². The molecule has 1 aliphatic carbocycles. The molecule has 7 rings (SSSR count). The maximum absolute atomic E-state index is 13.3. The van der Waals surface area contributed by atoms with Crippen molar-refractivity contribution >= 4 is 30.3 Å². The number of alkyl halides is 2. The number of rotatable bonds is 11. The van der Waals surface area contributed by atoms with E-state index in [1.165, 1.54) is 22.5 Å². The molecule has 6 aromatic rings. The van der Waals surface area contributed by atoms with Crippen molar-refractivity contribution in [2.45, 2.75) is 64.1 Å². The fourth-order valence-corrected chi connectivity index (χ4v) is 11.1. The lowest BCUT2D eigenvalue weighted by atomic mass is 10.1. The summed E-state index contributed by atoms with van der Waals surface area (Å²) in [5.41, 5.74) is 3.29. The van der Waals surface area contributed by atoms with Gasteiger partial charge in [-0.2, -0.15) is 5.10 Å². The molecule has 0 spiro atoms. The number of halogens is 2. The van der Waals surface area contributed by atoms with Crippen LogP contribution in [0.2, 0.25) is 5.04 Å². The standard InChI is InChI=1S/C37H39F2N7OSi/c1-25(24-47-48(37(2,3)4,30-11-7-5-8-12-30)31-13-9-6-10-14-31)41-36-44-43-35-33(28-21-40-46(22-28)29-19-20-29)42-32(23-45(35)36)26-15-17-27(18-16-26)34(38)39/h5-18,21-23,25,29,34H,19-20,24H2,1-4H3,(H,41,44)/t25-/m0/s1. The maximum atomic E-state index is 13.3. The zero-order valence-corrected chi connectivity index (χ0v) is 28.5. The van der Waals surface area contributed by atoms with E-state index in [0.29, 0.717) is 41.2 Å². The zero-order chi connectivity index (χ0) is 33.5. The minimum absolute atomic E-state index is 0.0351. The first-order chi connectivity index (χ1) is 23.1. The van der Waals surface area contributed by atoms with Crippen LogP contribution in [0.5, 0.6) is 0 Å². The van der Waals surface area contributed by atoms with E-state index in [-0.39, 0.29) is 16.6 Å². The van der Waals surface area contributed by atoms with E-state index >= 15 is 0 Å². The fourth-order valence-electron chi connectivity index (χ4n) is 6.40. The number of anilines is 1. The van der Waals surface area contributed by atoms with Crippen LogP contribution >= 0.6 is 0 Å². The first kappa shape index (κ1) is 31.8. The van der Waals surface area contributed by atoms with Crippen LogP contribution < -0.4 is 15.7 Å². The highest BCUT2D eigenvalue weighted by atomic mass is 28.4. The zero-order valence-electron chi connectivity index (χ0n) is 27.5. The first-order valence-corrected chi connectivity index (χ1v) is 18.3. The minimum Gasteiger partial charge on any atom is -0.405 e. The van der Waals surface area contributed by atoms with Gasteiger partial charge >= 0.3 is 0 Å².